The Bertz CT molecular complexity index is 440. The largest absolute Gasteiger partial charge is 0.347 e. The lowest BCUT2D eigenvalue weighted by molar-refractivity contribution is 0.744. The average Bonchev–Trinajstić information content (AvgIpc) is 2.72. The molecule has 7 nitrogen and oxygen atoms in total. The fraction of sp³-hybridized carbons (Fsp3) is 0.750. The molecule has 20 heavy (non-hydrogen) atoms. The van der Waals surface area contributed by atoms with Crippen LogP contribution in [-0.2, 0) is 0 Å². The van der Waals surface area contributed by atoms with E-state index >= 15 is 0 Å². The van der Waals surface area contributed by atoms with Gasteiger partial charge < -0.3 is 9.80 Å². The molecule has 0 aliphatic carbocycles. The van der Waals surface area contributed by atoms with Crippen LogP contribution in [0.15, 0.2) is 0 Å². The zero-order valence-electron chi connectivity index (χ0n) is 12.3. The molecule has 1 aliphatic rings. The normalized spacial score (nSPS) is 19.6. The molecule has 8 heteroatoms. The number of nitrogens with one attached hydrogen (secondary N) is 1. The van der Waals surface area contributed by atoms with Crippen LogP contribution in [0.4, 0.5) is 17.8 Å². The SMILES string of the molecule is CSC1CCCN(c2nc(NN)nc(N(C)C)n2)CC1. The molecule has 1 unspecified atom stereocenters. The summed E-state index contributed by atoms with van der Waals surface area (Å²) in [5, 5.41) is 0.738. The topological polar surface area (TPSA) is 83.2 Å². The minimum atomic E-state index is 0.407. The maximum atomic E-state index is 5.45. The maximum absolute atomic E-state index is 5.45. The van der Waals surface area contributed by atoms with E-state index in [1.54, 1.807) is 0 Å². The van der Waals surface area contributed by atoms with Crippen molar-refractivity contribution in [3.05, 3.63) is 0 Å². The number of thioether (sulfide) groups is 1. The Labute approximate surface area is 124 Å². The molecule has 1 aromatic heterocycles. The Hall–Kier alpha value is -1.28. The Kier molecular flexibility index (Phi) is 5.24. The van der Waals surface area contributed by atoms with E-state index in [4.69, 9.17) is 5.84 Å². The van der Waals surface area contributed by atoms with Crippen LogP contribution >= 0.6 is 11.8 Å². The second-order valence-electron chi connectivity index (χ2n) is 5.07. The summed E-state index contributed by atoms with van der Waals surface area (Å²) in [6, 6.07) is 0. The molecule has 112 valence electrons. The van der Waals surface area contributed by atoms with Crippen LogP contribution in [0, 0.1) is 0 Å². The molecule has 0 amide bonds. The summed E-state index contributed by atoms with van der Waals surface area (Å²) in [6.07, 6.45) is 5.77. The first-order valence-electron chi connectivity index (χ1n) is 6.81. The molecule has 0 spiro atoms. The number of nitrogens with two attached hydrogens (primary N) is 1. The Balaban J connectivity index is 2.20. The van der Waals surface area contributed by atoms with Crippen LogP contribution in [-0.4, -0.2) is 53.6 Å². The van der Waals surface area contributed by atoms with Gasteiger partial charge in [0, 0.05) is 32.4 Å². The highest BCUT2D eigenvalue weighted by molar-refractivity contribution is 7.99. The highest BCUT2D eigenvalue weighted by Gasteiger charge is 2.19. The summed E-state index contributed by atoms with van der Waals surface area (Å²) in [5.41, 5.74) is 2.52. The molecule has 1 saturated heterocycles. The third-order valence-corrected chi connectivity index (χ3v) is 4.57. The predicted octanol–water partition coefficient (Wildman–Crippen LogP) is 0.945. The molecule has 2 rings (SSSR count). The van der Waals surface area contributed by atoms with Crippen LogP contribution < -0.4 is 21.1 Å². The van der Waals surface area contributed by atoms with E-state index in [0.717, 1.165) is 24.8 Å². The van der Waals surface area contributed by atoms with Gasteiger partial charge in [0.05, 0.1) is 0 Å². The molecule has 0 radical (unpaired) electrons. The summed E-state index contributed by atoms with van der Waals surface area (Å²) < 4.78 is 0. The number of rotatable bonds is 4. The zero-order chi connectivity index (χ0) is 14.5. The fourth-order valence-corrected chi connectivity index (χ4v) is 3.00. The zero-order valence-corrected chi connectivity index (χ0v) is 13.2. The van der Waals surface area contributed by atoms with E-state index in [0.29, 0.717) is 17.8 Å². The second kappa shape index (κ2) is 6.94. The van der Waals surface area contributed by atoms with E-state index in [-0.39, 0.29) is 0 Å². The minimum Gasteiger partial charge on any atom is -0.347 e. The van der Waals surface area contributed by atoms with Crippen molar-refractivity contribution in [1.82, 2.24) is 15.0 Å². The molecule has 0 aromatic carbocycles. The Morgan fingerprint density at radius 3 is 2.70 bits per heavy atom. The number of hydrogen-bond acceptors (Lipinski definition) is 8. The molecule has 1 atom stereocenters. The first-order chi connectivity index (χ1) is 9.63. The van der Waals surface area contributed by atoms with Gasteiger partial charge in [0.25, 0.3) is 0 Å². The van der Waals surface area contributed by atoms with E-state index in [1.807, 2.05) is 30.8 Å². The van der Waals surface area contributed by atoms with E-state index in [2.05, 4.69) is 31.5 Å². The number of anilines is 3. The standard InChI is InChI=1S/C12H23N7S/c1-18(2)11-14-10(17-13)15-12(16-11)19-7-4-5-9(20-3)6-8-19/h9H,4-8,13H2,1-3H3,(H,14,15,16,17). The van der Waals surface area contributed by atoms with Gasteiger partial charge in [0.1, 0.15) is 0 Å². The molecule has 1 aliphatic heterocycles. The summed E-state index contributed by atoms with van der Waals surface area (Å²) in [7, 11) is 3.82. The van der Waals surface area contributed by atoms with Gasteiger partial charge in [-0.15, -0.1) is 0 Å². The van der Waals surface area contributed by atoms with Crippen molar-refractivity contribution < 1.29 is 0 Å². The smallest absolute Gasteiger partial charge is 0.243 e. The molecular formula is C12H23N7S. The first kappa shape index (κ1) is 15.1. The lowest BCUT2D eigenvalue weighted by Crippen LogP contribution is -2.28. The molecule has 2 heterocycles. The fourth-order valence-electron chi connectivity index (χ4n) is 2.26. The van der Waals surface area contributed by atoms with Gasteiger partial charge in [-0.3, -0.25) is 5.43 Å². The number of nitrogen functional groups attached to an aromatic ring is 1. The van der Waals surface area contributed by atoms with Crippen molar-refractivity contribution in [3.8, 4) is 0 Å². The molecule has 0 saturated carbocycles. The predicted molar refractivity (Wildman–Crippen MR) is 85.3 cm³/mol. The molecule has 1 aromatic rings. The van der Waals surface area contributed by atoms with Crippen molar-refractivity contribution in [2.24, 2.45) is 5.84 Å². The average molecular weight is 297 g/mol. The highest BCUT2D eigenvalue weighted by Crippen LogP contribution is 2.24. The Morgan fingerprint density at radius 1 is 1.25 bits per heavy atom. The number of aromatic nitrogens is 3. The van der Waals surface area contributed by atoms with E-state index < -0.39 is 0 Å². The van der Waals surface area contributed by atoms with Crippen LogP contribution in [0.5, 0.6) is 0 Å². The van der Waals surface area contributed by atoms with Gasteiger partial charge in [-0.25, -0.2) is 5.84 Å². The number of hydrogen-bond donors (Lipinski definition) is 2. The van der Waals surface area contributed by atoms with Crippen molar-refractivity contribution in [2.45, 2.75) is 24.5 Å². The number of nitrogens with zero attached hydrogens (tertiary/aromatic N) is 5. The van der Waals surface area contributed by atoms with Crippen LogP contribution in [0.3, 0.4) is 0 Å². The van der Waals surface area contributed by atoms with Crippen molar-refractivity contribution in [1.29, 1.82) is 0 Å². The van der Waals surface area contributed by atoms with E-state index in [1.165, 1.54) is 12.8 Å². The first-order valence-corrected chi connectivity index (χ1v) is 8.10. The monoisotopic (exact) mass is 297 g/mol. The van der Waals surface area contributed by atoms with Gasteiger partial charge in [-0.1, -0.05) is 0 Å². The second-order valence-corrected chi connectivity index (χ2v) is 6.21. The third-order valence-electron chi connectivity index (χ3n) is 3.43. The van der Waals surface area contributed by atoms with Crippen molar-refractivity contribution >= 4 is 29.6 Å². The quantitative estimate of drug-likeness (QED) is 0.628. The van der Waals surface area contributed by atoms with Gasteiger partial charge in [-0.2, -0.15) is 26.7 Å². The lowest BCUT2D eigenvalue weighted by Gasteiger charge is -2.22. The van der Waals surface area contributed by atoms with Gasteiger partial charge in [0.2, 0.25) is 17.8 Å². The maximum Gasteiger partial charge on any atom is 0.243 e. The summed E-state index contributed by atoms with van der Waals surface area (Å²) in [5.74, 6) is 7.18. The molecule has 3 N–H and O–H groups in total. The third kappa shape index (κ3) is 3.63. The molecular weight excluding hydrogens is 274 g/mol. The van der Waals surface area contributed by atoms with Crippen LogP contribution in [0.25, 0.3) is 0 Å². The van der Waals surface area contributed by atoms with Crippen molar-refractivity contribution in [2.75, 3.05) is 48.7 Å². The van der Waals surface area contributed by atoms with Gasteiger partial charge >= 0.3 is 0 Å². The summed E-state index contributed by atoms with van der Waals surface area (Å²) >= 11 is 1.95. The van der Waals surface area contributed by atoms with E-state index in [9.17, 15) is 0 Å². The van der Waals surface area contributed by atoms with Gasteiger partial charge in [-0.05, 0) is 25.5 Å². The molecule has 0 bridgehead atoms. The lowest BCUT2D eigenvalue weighted by atomic mass is 10.2. The molecule has 1 fully saturated rings. The minimum absolute atomic E-state index is 0.407. The van der Waals surface area contributed by atoms with Crippen LogP contribution in [0.2, 0.25) is 0 Å². The van der Waals surface area contributed by atoms with Crippen molar-refractivity contribution in [3.63, 3.8) is 0 Å². The summed E-state index contributed by atoms with van der Waals surface area (Å²) in [4.78, 5) is 17.2. The number of hydrazine groups is 1. The van der Waals surface area contributed by atoms with Gasteiger partial charge in [0.15, 0.2) is 0 Å². The van der Waals surface area contributed by atoms with Crippen LogP contribution in [0.1, 0.15) is 19.3 Å². The summed E-state index contributed by atoms with van der Waals surface area (Å²) in [6.45, 7) is 1.96. The highest BCUT2D eigenvalue weighted by atomic mass is 32.2. The Morgan fingerprint density at radius 2 is 2.05 bits per heavy atom.